The van der Waals surface area contributed by atoms with Crippen molar-refractivity contribution in [1.29, 1.82) is 0 Å². The zero-order valence-electron chi connectivity index (χ0n) is 18.6. The van der Waals surface area contributed by atoms with E-state index in [4.69, 9.17) is 19.0 Å². The maximum atomic E-state index is 12.4. The zero-order valence-corrected chi connectivity index (χ0v) is 18.6. The summed E-state index contributed by atoms with van der Waals surface area (Å²) in [6.07, 6.45) is -3.47. The van der Waals surface area contributed by atoms with Crippen molar-refractivity contribution < 1.29 is 47.8 Å². The number of amides is 2. The Labute approximate surface area is 180 Å². The quantitative estimate of drug-likeness (QED) is 0.306. The molecule has 1 heterocycles. The van der Waals surface area contributed by atoms with E-state index in [2.05, 4.69) is 0 Å². The van der Waals surface area contributed by atoms with Crippen LogP contribution in [0.1, 0.15) is 73.6 Å². The third-order valence-electron chi connectivity index (χ3n) is 3.45. The van der Waals surface area contributed by atoms with Crippen molar-refractivity contribution in [2.45, 2.75) is 91.0 Å². The van der Waals surface area contributed by atoms with Crippen molar-refractivity contribution in [3.63, 3.8) is 0 Å². The van der Waals surface area contributed by atoms with Crippen molar-refractivity contribution in [2.75, 3.05) is 0 Å². The topological polar surface area (TPSA) is 143 Å². The van der Waals surface area contributed by atoms with Gasteiger partial charge in [-0.3, -0.25) is 24.0 Å². The molecule has 0 aromatic carbocycles. The Morgan fingerprint density at radius 1 is 0.806 bits per heavy atom. The molecule has 11 nitrogen and oxygen atoms in total. The van der Waals surface area contributed by atoms with E-state index in [-0.39, 0.29) is 24.3 Å². The highest BCUT2D eigenvalue weighted by Gasteiger charge is 2.37. The lowest BCUT2D eigenvalue weighted by Gasteiger charge is -2.23. The molecule has 174 valence electrons. The molecule has 0 N–H and O–H groups in total. The van der Waals surface area contributed by atoms with Crippen molar-refractivity contribution in [3.8, 4) is 0 Å². The maximum absolute atomic E-state index is 12.4. The van der Waals surface area contributed by atoms with E-state index in [9.17, 15) is 28.8 Å². The summed E-state index contributed by atoms with van der Waals surface area (Å²) in [7, 11) is 0. The second-order valence-electron chi connectivity index (χ2n) is 8.85. The normalized spacial score (nSPS) is 15.4. The number of ether oxygens (including phenoxy) is 3. The van der Waals surface area contributed by atoms with Gasteiger partial charge in [-0.05, 0) is 41.5 Å². The standard InChI is InChI=1S/C20H29NO10/c1-19(2,3)29-16(25)10-9-15(24)28-12(11-17(26)30-20(4,5)6)18(27)31-21-13(22)7-8-14(21)23/h12H,7-11H2,1-6H3. The van der Waals surface area contributed by atoms with Crippen molar-refractivity contribution in [2.24, 2.45) is 0 Å². The first-order valence-electron chi connectivity index (χ1n) is 9.78. The molecule has 1 atom stereocenters. The molecule has 0 aromatic heterocycles. The summed E-state index contributed by atoms with van der Waals surface area (Å²) in [6.45, 7) is 9.80. The number of carbonyl (C=O) groups excluding carboxylic acids is 6. The molecule has 0 radical (unpaired) electrons. The highest BCUT2D eigenvalue weighted by atomic mass is 16.7. The Hall–Kier alpha value is -2.98. The first-order valence-corrected chi connectivity index (χ1v) is 9.78. The highest BCUT2D eigenvalue weighted by molar-refractivity contribution is 6.02. The van der Waals surface area contributed by atoms with E-state index in [0.717, 1.165) is 0 Å². The summed E-state index contributed by atoms with van der Waals surface area (Å²) in [5.41, 5.74) is -1.61. The summed E-state index contributed by atoms with van der Waals surface area (Å²) in [6, 6.07) is 0. The zero-order chi connectivity index (χ0) is 24.0. The molecule has 1 aliphatic heterocycles. The van der Waals surface area contributed by atoms with Crippen LogP contribution in [0.25, 0.3) is 0 Å². The van der Waals surface area contributed by atoms with Gasteiger partial charge in [0.15, 0.2) is 0 Å². The van der Waals surface area contributed by atoms with Gasteiger partial charge in [-0.15, -0.1) is 5.06 Å². The number of hydrogen-bond acceptors (Lipinski definition) is 10. The largest absolute Gasteiger partial charge is 0.460 e. The van der Waals surface area contributed by atoms with Gasteiger partial charge >= 0.3 is 23.9 Å². The van der Waals surface area contributed by atoms with Gasteiger partial charge in [-0.2, -0.15) is 0 Å². The summed E-state index contributed by atoms with van der Waals surface area (Å²) in [5, 5.41) is 0.277. The lowest BCUT2D eigenvalue weighted by atomic mass is 10.2. The second-order valence-corrected chi connectivity index (χ2v) is 8.85. The summed E-state index contributed by atoms with van der Waals surface area (Å²) in [5.74, 6) is -5.25. The number of rotatable bonds is 8. The van der Waals surface area contributed by atoms with E-state index in [1.165, 1.54) is 0 Å². The SMILES string of the molecule is CC(C)(C)OC(=O)CCC(=O)OC(CC(=O)OC(C)(C)C)C(=O)ON1C(=O)CCC1=O. The molecule has 1 aliphatic rings. The Bertz CT molecular complexity index is 728. The van der Waals surface area contributed by atoms with Crippen LogP contribution in [-0.4, -0.2) is 58.1 Å². The highest BCUT2D eigenvalue weighted by Crippen LogP contribution is 2.17. The molecule has 11 heteroatoms. The number of esters is 3. The van der Waals surface area contributed by atoms with Gasteiger partial charge < -0.3 is 19.0 Å². The molecule has 0 spiro atoms. The number of nitrogens with zero attached hydrogens (tertiary/aromatic N) is 1. The number of hydrogen-bond donors (Lipinski definition) is 0. The van der Waals surface area contributed by atoms with Gasteiger partial charge in [-0.25, -0.2) is 4.79 Å². The van der Waals surface area contributed by atoms with E-state index >= 15 is 0 Å². The van der Waals surface area contributed by atoms with E-state index in [1.54, 1.807) is 41.5 Å². The Kier molecular flexibility index (Phi) is 8.71. The van der Waals surface area contributed by atoms with Gasteiger partial charge in [-0.1, -0.05) is 0 Å². The number of carbonyl (C=O) groups is 6. The van der Waals surface area contributed by atoms with Gasteiger partial charge in [0.2, 0.25) is 6.10 Å². The average molecular weight is 443 g/mol. The van der Waals surface area contributed by atoms with Gasteiger partial charge in [0.25, 0.3) is 11.8 Å². The van der Waals surface area contributed by atoms with Crippen LogP contribution in [0, 0.1) is 0 Å². The van der Waals surface area contributed by atoms with Crippen molar-refractivity contribution in [3.05, 3.63) is 0 Å². The molecule has 0 saturated carbocycles. The molecule has 1 saturated heterocycles. The van der Waals surface area contributed by atoms with Gasteiger partial charge in [0, 0.05) is 12.8 Å². The van der Waals surface area contributed by atoms with Crippen LogP contribution in [0.4, 0.5) is 0 Å². The average Bonchev–Trinajstić information content (AvgIpc) is 2.88. The van der Waals surface area contributed by atoms with Crippen LogP contribution in [0.5, 0.6) is 0 Å². The van der Waals surface area contributed by atoms with Crippen LogP contribution >= 0.6 is 0 Å². The molecule has 0 bridgehead atoms. The predicted octanol–water partition coefficient (Wildman–Crippen LogP) is 1.36. The molecule has 1 rings (SSSR count). The lowest BCUT2D eigenvalue weighted by molar-refractivity contribution is -0.207. The molecule has 2 amide bonds. The molecule has 1 unspecified atom stereocenters. The van der Waals surface area contributed by atoms with Gasteiger partial charge in [0.1, 0.15) is 11.2 Å². The van der Waals surface area contributed by atoms with Crippen LogP contribution in [0.3, 0.4) is 0 Å². The number of hydroxylamine groups is 2. The fraction of sp³-hybridized carbons (Fsp3) is 0.700. The monoisotopic (exact) mass is 443 g/mol. The van der Waals surface area contributed by atoms with E-state index in [1.807, 2.05) is 0 Å². The molecule has 31 heavy (non-hydrogen) atoms. The van der Waals surface area contributed by atoms with Crippen LogP contribution in [-0.2, 0) is 47.8 Å². The Morgan fingerprint density at radius 3 is 1.74 bits per heavy atom. The van der Waals surface area contributed by atoms with Crippen molar-refractivity contribution >= 4 is 35.7 Å². The molecular weight excluding hydrogens is 414 g/mol. The third kappa shape index (κ3) is 10.1. The Balaban J connectivity index is 2.79. The fourth-order valence-electron chi connectivity index (χ4n) is 2.33. The van der Waals surface area contributed by atoms with Gasteiger partial charge in [0.05, 0.1) is 19.3 Å². The smallest absolute Gasteiger partial charge is 0.374 e. The van der Waals surface area contributed by atoms with E-state index < -0.39 is 65.8 Å². The molecule has 0 aromatic rings. The fourth-order valence-corrected chi connectivity index (χ4v) is 2.33. The van der Waals surface area contributed by atoms with E-state index in [0.29, 0.717) is 0 Å². The molecule has 0 aliphatic carbocycles. The minimum absolute atomic E-state index is 0.126. The summed E-state index contributed by atoms with van der Waals surface area (Å²) < 4.78 is 15.2. The number of imide groups is 1. The van der Waals surface area contributed by atoms with Crippen LogP contribution in [0.15, 0.2) is 0 Å². The van der Waals surface area contributed by atoms with Crippen LogP contribution < -0.4 is 0 Å². The third-order valence-corrected chi connectivity index (χ3v) is 3.45. The first-order chi connectivity index (χ1) is 14.1. The predicted molar refractivity (Wildman–Crippen MR) is 103 cm³/mol. The lowest BCUT2D eigenvalue weighted by Crippen LogP contribution is -2.40. The minimum Gasteiger partial charge on any atom is -0.460 e. The summed E-state index contributed by atoms with van der Waals surface area (Å²) in [4.78, 5) is 76.4. The van der Waals surface area contributed by atoms with Crippen LogP contribution in [0.2, 0.25) is 0 Å². The molecule has 1 fully saturated rings. The Morgan fingerprint density at radius 2 is 1.26 bits per heavy atom. The minimum atomic E-state index is -1.78. The second kappa shape index (κ2) is 10.4. The first kappa shape index (κ1) is 26.1. The molecular formula is C20H29NO10. The summed E-state index contributed by atoms with van der Waals surface area (Å²) >= 11 is 0. The van der Waals surface area contributed by atoms with Crippen molar-refractivity contribution in [1.82, 2.24) is 5.06 Å². The maximum Gasteiger partial charge on any atom is 0.374 e.